The molecule has 0 atom stereocenters. The van der Waals surface area contributed by atoms with Gasteiger partial charge in [-0.05, 0) is 12.8 Å². The van der Waals surface area contributed by atoms with Crippen molar-refractivity contribution in [2.45, 2.75) is 25.3 Å². The Morgan fingerprint density at radius 2 is 2.47 bits per heavy atom. The second-order valence-electron chi connectivity index (χ2n) is 3.62. The summed E-state index contributed by atoms with van der Waals surface area (Å²) in [6.07, 6.45) is 5.84. The number of hydrogen-bond acceptors (Lipinski definition) is 5. The molecule has 1 aliphatic carbocycles. The maximum absolute atomic E-state index is 5.05. The predicted octanol–water partition coefficient (Wildman–Crippen LogP) is 1.28. The van der Waals surface area contributed by atoms with Crippen molar-refractivity contribution in [1.82, 2.24) is 20.1 Å². The lowest BCUT2D eigenvalue weighted by Gasteiger charge is -1.95. The minimum absolute atomic E-state index is 0.466. The summed E-state index contributed by atoms with van der Waals surface area (Å²) in [5.41, 5.74) is 0. The maximum atomic E-state index is 5.05. The van der Waals surface area contributed by atoms with Gasteiger partial charge in [-0.3, -0.25) is 0 Å². The van der Waals surface area contributed by atoms with Gasteiger partial charge in [-0.2, -0.15) is 4.98 Å². The van der Waals surface area contributed by atoms with Gasteiger partial charge in [0.15, 0.2) is 5.82 Å². The monoisotopic (exact) mass is 205 g/mol. The van der Waals surface area contributed by atoms with Crippen LogP contribution in [-0.4, -0.2) is 20.1 Å². The summed E-state index contributed by atoms with van der Waals surface area (Å²) in [4.78, 5) is 11.3. The number of nitrogens with zero attached hydrogens (tertiary/aromatic N) is 3. The van der Waals surface area contributed by atoms with E-state index in [1.54, 1.807) is 12.4 Å². The smallest absolute Gasteiger partial charge is 0.321 e. The number of rotatable bonds is 4. The average molecular weight is 205 g/mol. The molecule has 0 aromatic carbocycles. The first kappa shape index (κ1) is 8.46. The third-order valence-electron chi connectivity index (χ3n) is 2.35. The number of imidazole rings is 1. The Balaban J connectivity index is 1.61. The Morgan fingerprint density at radius 1 is 1.53 bits per heavy atom. The van der Waals surface area contributed by atoms with Crippen LogP contribution in [0.1, 0.15) is 30.4 Å². The molecule has 0 amide bonds. The molecular formula is C9H11N5O. The quantitative estimate of drug-likeness (QED) is 0.786. The van der Waals surface area contributed by atoms with Crippen LogP contribution in [0.2, 0.25) is 0 Å². The van der Waals surface area contributed by atoms with Crippen molar-refractivity contribution in [3.05, 3.63) is 24.0 Å². The molecule has 0 bridgehead atoms. The van der Waals surface area contributed by atoms with E-state index in [0.717, 1.165) is 11.6 Å². The fourth-order valence-electron chi connectivity index (χ4n) is 1.37. The summed E-state index contributed by atoms with van der Waals surface area (Å²) in [5.74, 6) is 2.19. The van der Waals surface area contributed by atoms with Crippen LogP contribution in [-0.2, 0) is 6.54 Å². The Labute approximate surface area is 86.1 Å². The number of aromatic nitrogens is 4. The van der Waals surface area contributed by atoms with Gasteiger partial charge < -0.3 is 14.8 Å². The molecule has 0 spiro atoms. The summed E-state index contributed by atoms with van der Waals surface area (Å²) in [6, 6.07) is 0.466. The van der Waals surface area contributed by atoms with Gasteiger partial charge in [0.25, 0.3) is 0 Å². The van der Waals surface area contributed by atoms with E-state index < -0.39 is 0 Å². The largest absolute Gasteiger partial charge is 0.347 e. The van der Waals surface area contributed by atoms with Gasteiger partial charge in [-0.1, -0.05) is 5.16 Å². The molecule has 2 heterocycles. The molecule has 1 fully saturated rings. The normalized spacial score (nSPS) is 15.5. The molecule has 2 aromatic rings. The third kappa shape index (κ3) is 1.83. The molecule has 0 aliphatic heterocycles. The van der Waals surface area contributed by atoms with Crippen LogP contribution in [0.5, 0.6) is 0 Å². The van der Waals surface area contributed by atoms with E-state index in [1.165, 1.54) is 12.8 Å². The van der Waals surface area contributed by atoms with Crippen LogP contribution < -0.4 is 5.32 Å². The van der Waals surface area contributed by atoms with Crippen molar-refractivity contribution in [2.75, 3.05) is 5.32 Å². The lowest BCUT2D eigenvalue weighted by Crippen LogP contribution is -2.01. The molecule has 78 valence electrons. The average Bonchev–Trinajstić information content (AvgIpc) is 2.82. The van der Waals surface area contributed by atoms with Crippen LogP contribution in [0.3, 0.4) is 0 Å². The molecule has 0 saturated heterocycles. The van der Waals surface area contributed by atoms with E-state index in [1.807, 2.05) is 0 Å². The summed E-state index contributed by atoms with van der Waals surface area (Å²) in [6.45, 7) is 0.569. The Bertz CT molecular complexity index is 431. The van der Waals surface area contributed by atoms with Gasteiger partial charge in [-0.15, -0.1) is 0 Å². The SMILES string of the molecule is c1c[nH]c(CNc2nc(C3CC3)no2)n1. The van der Waals surface area contributed by atoms with Crippen LogP contribution in [0.25, 0.3) is 0 Å². The first-order valence-corrected chi connectivity index (χ1v) is 4.97. The van der Waals surface area contributed by atoms with Gasteiger partial charge >= 0.3 is 6.01 Å². The highest BCUT2D eigenvalue weighted by Crippen LogP contribution is 2.38. The van der Waals surface area contributed by atoms with Gasteiger partial charge in [-0.25, -0.2) is 4.98 Å². The highest BCUT2D eigenvalue weighted by atomic mass is 16.5. The van der Waals surface area contributed by atoms with E-state index in [9.17, 15) is 0 Å². The summed E-state index contributed by atoms with van der Waals surface area (Å²) >= 11 is 0. The van der Waals surface area contributed by atoms with Crippen LogP contribution >= 0.6 is 0 Å². The first-order chi connectivity index (χ1) is 7.42. The van der Waals surface area contributed by atoms with Gasteiger partial charge in [0.2, 0.25) is 0 Å². The third-order valence-corrected chi connectivity index (χ3v) is 2.35. The molecule has 0 radical (unpaired) electrons. The first-order valence-electron chi connectivity index (χ1n) is 4.97. The predicted molar refractivity (Wildman–Crippen MR) is 52.2 cm³/mol. The van der Waals surface area contributed by atoms with E-state index in [4.69, 9.17) is 4.52 Å². The number of nitrogens with one attached hydrogen (secondary N) is 2. The minimum atomic E-state index is 0.466. The van der Waals surface area contributed by atoms with E-state index in [0.29, 0.717) is 18.5 Å². The van der Waals surface area contributed by atoms with Gasteiger partial charge in [0, 0.05) is 18.3 Å². The van der Waals surface area contributed by atoms with Crippen LogP contribution in [0, 0.1) is 0 Å². The summed E-state index contributed by atoms with van der Waals surface area (Å²) in [7, 11) is 0. The molecule has 1 saturated carbocycles. The second-order valence-corrected chi connectivity index (χ2v) is 3.62. The Hall–Kier alpha value is -1.85. The van der Waals surface area contributed by atoms with Gasteiger partial charge in [0.05, 0.1) is 6.54 Å². The number of aromatic amines is 1. The van der Waals surface area contributed by atoms with Crippen molar-refractivity contribution in [3.63, 3.8) is 0 Å². The molecular weight excluding hydrogens is 194 g/mol. The highest BCUT2D eigenvalue weighted by molar-refractivity contribution is 5.21. The Kier molecular flexibility index (Phi) is 1.90. The number of H-pyrrole nitrogens is 1. The molecule has 2 aromatic heterocycles. The van der Waals surface area contributed by atoms with Crippen molar-refractivity contribution < 1.29 is 4.52 Å². The lowest BCUT2D eigenvalue weighted by atomic mass is 10.4. The molecule has 3 rings (SSSR count). The summed E-state index contributed by atoms with van der Waals surface area (Å²) in [5, 5.41) is 6.91. The van der Waals surface area contributed by atoms with Crippen LogP contribution in [0.15, 0.2) is 16.9 Å². The fourth-order valence-corrected chi connectivity index (χ4v) is 1.37. The molecule has 6 nitrogen and oxygen atoms in total. The zero-order valence-corrected chi connectivity index (χ0v) is 8.10. The van der Waals surface area contributed by atoms with Crippen molar-refractivity contribution in [3.8, 4) is 0 Å². The van der Waals surface area contributed by atoms with Crippen molar-refractivity contribution in [2.24, 2.45) is 0 Å². The molecule has 0 unspecified atom stereocenters. The second kappa shape index (κ2) is 3.38. The zero-order valence-electron chi connectivity index (χ0n) is 8.10. The van der Waals surface area contributed by atoms with Crippen molar-refractivity contribution in [1.29, 1.82) is 0 Å². The van der Waals surface area contributed by atoms with Crippen LogP contribution in [0.4, 0.5) is 6.01 Å². The lowest BCUT2D eigenvalue weighted by molar-refractivity contribution is 0.422. The summed E-state index contributed by atoms with van der Waals surface area (Å²) < 4.78 is 5.05. The molecule has 1 aliphatic rings. The highest BCUT2D eigenvalue weighted by Gasteiger charge is 2.28. The fraction of sp³-hybridized carbons (Fsp3) is 0.444. The maximum Gasteiger partial charge on any atom is 0.321 e. The Morgan fingerprint density at radius 3 is 3.20 bits per heavy atom. The molecule has 2 N–H and O–H groups in total. The molecule has 6 heteroatoms. The van der Waals surface area contributed by atoms with Crippen molar-refractivity contribution >= 4 is 6.01 Å². The van der Waals surface area contributed by atoms with Gasteiger partial charge in [0.1, 0.15) is 5.82 Å². The topological polar surface area (TPSA) is 79.6 Å². The number of hydrogen-bond donors (Lipinski definition) is 2. The minimum Gasteiger partial charge on any atom is -0.347 e. The van der Waals surface area contributed by atoms with E-state index >= 15 is 0 Å². The standard InChI is InChI=1S/C9H11N5O/c1-2-6(1)8-13-9(15-14-8)12-5-7-10-3-4-11-7/h3-4,6H,1-2,5H2,(H,10,11)(H,12,13,14). The zero-order chi connectivity index (χ0) is 10.1. The van der Waals surface area contributed by atoms with E-state index in [-0.39, 0.29) is 0 Å². The number of anilines is 1. The van der Waals surface area contributed by atoms with E-state index in [2.05, 4.69) is 25.4 Å². The molecule has 15 heavy (non-hydrogen) atoms.